The van der Waals surface area contributed by atoms with Crippen LogP contribution in [0.2, 0.25) is 0 Å². The van der Waals surface area contributed by atoms with Crippen LogP contribution in [0.25, 0.3) is 0 Å². The maximum absolute atomic E-state index is 11.0. The summed E-state index contributed by atoms with van der Waals surface area (Å²) in [4.78, 5) is 19.4. The number of carbonyl (C=O) groups is 1. The summed E-state index contributed by atoms with van der Waals surface area (Å²) in [6, 6.07) is 0. The first kappa shape index (κ1) is 21.8. The van der Waals surface area contributed by atoms with Crippen LogP contribution in [0.5, 0.6) is 0 Å². The molecule has 0 aromatic heterocycles. The zero-order valence-electron chi connectivity index (χ0n) is 14.5. The van der Waals surface area contributed by atoms with Crippen LogP contribution >= 0.6 is 7.60 Å². The van der Waals surface area contributed by atoms with Crippen molar-refractivity contribution in [3.05, 3.63) is 34.9 Å². The lowest BCUT2D eigenvalue weighted by molar-refractivity contribution is 0.197. The van der Waals surface area contributed by atoms with E-state index in [4.69, 9.17) is 10.00 Å². The molecule has 6 heteroatoms. The van der Waals surface area contributed by atoms with E-state index in [1.807, 2.05) is 13.0 Å². The molecule has 132 valence electrons. The highest BCUT2D eigenvalue weighted by atomic mass is 31.2. The lowest BCUT2D eigenvalue weighted by atomic mass is 10.1. The van der Waals surface area contributed by atoms with E-state index < -0.39 is 13.3 Å². The van der Waals surface area contributed by atoms with Gasteiger partial charge in [0.25, 0.3) is 0 Å². The minimum Gasteiger partial charge on any atom is -0.472 e. The highest BCUT2D eigenvalue weighted by Gasteiger charge is 2.29. The Balaban J connectivity index is 4.01. The van der Waals surface area contributed by atoms with Crippen molar-refractivity contribution in [2.45, 2.75) is 59.8 Å². The number of hydrogen-bond acceptors (Lipinski definition) is 3. The summed E-state index contributed by atoms with van der Waals surface area (Å²) in [6.45, 7) is 8.25. The Morgan fingerprint density at radius 2 is 1.43 bits per heavy atom. The van der Waals surface area contributed by atoms with Crippen molar-refractivity contribution < 1.29 is 23.9 Å². The summed E-state index contributed by atoms with van der Waals surface area (Å²) >= 11 is 0. The number of rotatable bonds is 11. The summed E-state index contributed by atoms with van der Waals surface area (Å²) in [5.74, 6) is 0. The summed E-state index contributed by atoms with van der Waals surface area (Å²) in [5.41, 5.74) is 2.06. The largest absolute Gasteiger partial charge is 0.472 e. The Morgan fingerprint density at radius 1 is 0.957 bits per heavy atom. The van der Waals surface area contributed by atoms with E-state index in [1.165, 1.54) is 11.1 Å². The van der Waals surface area contributed by atoms with E-state index in [1.54, 1.807) is 0 Å². The van der Waals surface area contributed by atoms with Crippen molar-refractivity contribution >= 4 is 13.3 Å². The van der Waals surface area contributed by atoms with Crippen LogP contribution in [0, 0.1) is 0 Å². The van der Waals surface area contributed by atoms with Crippen molar-refractivity contribution in [1.29, 1.82) is 0 Å². The molecular formula is C17H29O5P. The molecule has 0 fully saturated rings. The van der Waals surface area contributed by atoms with Crippen LogP contribution in [0.15, 0.2) is 34.9 Å². The third kappa shape index (κ3) is 12.0. The van der Waals surface area contributed by atoms with Gasteiger partial charge in [-0.2, -0.15) is 0 Å². The normalized spacial score (nSPS) is 15.2. The molecule has 0 bridgehead atoms. The van der Waals surface area contributed by atoms with Crippen molar-refractivity contribution in [1.82, 2.24) is 0 Å². The SMILES string of the molecule is CC(C)=CCCC(C)=CCCC(C)=CCCOP(=O)(O)C(=O)O. The minimum atomic E-state index is -4.50. The van der Waals surface area contributed by atoms with Gasteiger partial charge in [-0.15, -0.1) is 0 Å². The molecule has 0 aromatic carbocycles. The van der Waals surface area contributed by atoms with E-state index >= 15 is 0 Å². The van der Waals surface area contributed by atoms with E-state index in [0.717, 1.165) is 31.3 Å². The molecule has 0 aliphatic carbocycles. The van der Waals surface area contributed by atoms with Crippen molar-refractivity contribution in [2.24, 2.45) is 0 Å². The minimum absolute atomic E-state index is 0.0744. The van der Waals surface area contributed by atoms with E-state index in [2.05, 4.69) is 37.4 Å². The summed E-state index contributed by atoms with van der Waals surface area (Å²) < 4.78 is 15.5. The monoisotopic (exact) mass is 344 g/mol. The van der Waals surface area contributed by atoms with Crippen molar-refractivity contribution in [3.63, 3.8) is 0 Å². The molecule has 0 saturated heterocycles. The maximum Gasteiger partial charge on any atom is 0.435 e. The molecule has 5 nitrogen and oxygen atoms in total. The van der Waals surface area contributed by atoms with Gasteiger partial charge < -0.3 is 14.5 Å². The number of allylic oxidation sites excluding steroid dienone is 5. The smallest absolute Gasteiger partial charge is 0.435 e. The van der Waals surface area contributed by atoms with Gasteiger partial charge in [0.1, 0.15) is 0 Å². The summed E-state index contributed by atoms with van der Waals surface area (Å²) in [7, 11) is -4.50. The fourth-order valence-electron chi connectivity index (χ4n) is 1.88. The van der Waals surface area contributed by atoms with Crippen LogP contribution in [0.1, 0.15) is 59.8 Å². The Morgan fingerprint density at radius 3 is 1.91 bits per heavy atom. The molecule has 0 saturated carbocycles. The van der Waals surface area contributed by atoms with Crippen LogP contribution < -0.4 is 0 Å². The van der Waals surface area contributed by atoms with Crippen molar-refractivity contribution in [2.75, 3.05) is 6.61 Å². The standard InChI is InChI=1S/C17H29O5P/c1-14(2)8-5-9-15(3)10-6-11-16(4)12-7-13-22-23(20,21)17(18)19/h8,10,12H,5-7,9,11,13H2,1-4H3,(H,18,19)(H,20,21). The zero-order valence-corrected chi connectivity index (χ0v) is 15.4. The Kier molecular flexibility index (Phi) is 10.8. The first-order chi connectivity index (χ1) is 10.6. The molecule has 0 rings (SSSR count). The maximum atomic E-state index is 11.0. The Hall–Kier alpha value is -1.16. The van der Waals surface area contributed by atoms with Crippen molar-refractivity contribution in [3.8, 4) is 0 Å². The molecule has 1 atom stereocenters. The molecule has 0 aromatic rings. The van der Waals surface area contributed by atoms with E-state index in [-0.39, 0.29) is 6.61 Å². The van der Waals surface area contributed by atoms with Crippen LogP contribution in [-0.4, -0.2) is 22.3 Å². The highest BCUT2D eigenvalue weighted by Crippen LogP contribution is 2.42. The predicted molar refractivity (Wildman–Crippen MR) is 93.8 cm³/mol. The third-order valence-electron chi connectivity index (χ3n) is 3.24. The van der Waals surface area contributed by atoms with E-state index in [0.29, 0.717) is 6.42 Å². The average Bonchev–Trinajstić information content (AvgIpc) is 2.43. The molecule has 0 heterocycles. The second-order valence-corrected chi connectivity index (χ2v) is 7.57. The Labute approximate surface area is 139 Å². The topological polar surface area (TPSA) is 83.8 Å². The second-order valence-electron chi connectivity index (χ2n) is 5.88. The molecule has 2 N–H and O–H groups in total. The van der Waals surface area contributed by atoms with Crippen LogP contribution in [-0.2, 0) is 9.09 Å². The van der Waals surface area contributed by atoms with Gasteiger partial charge in [0.2, 0.25) is 0 Å². The summed E-state index contributed by atoms with van der Waals surface area (Å²) in [5, 5.41) is 8.45. The summed E-state index contributed by atoms with van der Waals surface area (Å²) in [6.07, 6.45) is 10.8. The first-order valence-corrected chi connectivity index (χ1v) is 9.38. The molecular weight excluding hydrogens is 315 g/mol. The van der Waals surface area contributed by atoms with Gasteiger partial charge in [-0.1, -0.05) is 34.9 Å². The first-order valence-electron chi connectivity index (χ1n) is 7.80. The Bertz CT molecular complexity index is 513. The lowest BCUT2D eigenvalue weighted by Gasteiger charge is -2.06. The van der Waals surface area contributed by atoms with Gasteiger partial charge in [-0.3, -0.25) is 0 Å². The van der Waals surface area contributed by atoms with Gasteiger partial charge >= 0.3 is 13.3 Å². The van der Waals surface area contributed by atoms with Gasteiger partial charge in [0, 0.05) is 0 Å². The zero-order chi connectivity index (χ0) is 17.9. The molecule has 0 aliphatic heterocycles. The second kappa shape index (κ2) is 11.4. The quantitative estimate of drug-likeness (QED) is 0.286. The fourth-order valence-corrected chi connectivity index (χ4v) is 2.34. The molecule has 0 amide bonds. The molecule has 0 radical (unpaired) electrons. The fraction of sp³-hybridized carbons (Fsp3) is 0.588. The van der Waals surface area contributed by atoms with Gasteiger partial charge in [0.15, 0.2) is 0 Å². The van der Waals surface area contributed by atoms with Crippen LogP contribution in [0.3, 0.4) is 0 Å². The molecule has 0 spiro atoms. The lowest BCUT2D eigenvalue weighted by Crippen LogP contribution is -2.00. The number of hydrogen-bond donors (Lipinski definition) is 2. The van der Waals surface area contributed by atoms with Gasteiger partial charge in [-0.25, -0.2) is 9.36 Å². The van der Waals surface area contributed by atoms with Gasteiger partial charge in [-0.05, 0) is 59.8 Å². The highest BCUT2D eigenvalue weighted by molar-refractivity contribution is 7.70. The number of carboxylic acid groups (broad SMARTS) is 1. The molecule has 23 heavy (non-hydrogen) atoms. The predicted octanol–water partition coefficient (Wildman–Crippen LogP) is 5.68. The van der Waals surface area contributed by atoms with Crippen LogP contribution in [0.4, 0.5) is 4.79 Å². The van der Waals surface area contributed by atoms with E-state index in [9.17, 15) is 9.36 Å². The molecule has 1 unspecified atom stereocenters. The third-order valence-corrected chi connectivity index (χ3v) is 4.26. The van der Waals surface area contributed by atoms with Gasteiger partial charge in [0.05, 0.1) is 6.61 Å². The average molecular weight is 344 g/mol. The molecule has 0 aliphatic rings.